The molecule has 0 spiro atoms. The quantitative estimate of drug-likeness (QED) is 0.284. The minimum Gasteiger partial charge on any atom is -0.457 e. The maximum Gasteiger partial charge on any atom is 0.312 e. The highest BCUT2D eigenvalue weighted by Gasteiger charge is 2.37. The molecule has 6 nitrogen and oxygen atoms in total. The van der Waals surface area contributed by atoms with Crippen molar-refractivity contribution >= 4 is 23.3 Å². The van der Waals surface area contributed by atoms with E-state index in [0.29, 0.717) is 17.0 Å². The fourth-order valence-corrected chi connectivity index (χ4v) is 4.24. The lowest BCUT2D eigenvalue weighted by molar-refractivity contribution is -0.151. The first-order valence-electron chi connectivity index (χ1n) is 12.5. The number of carbonyl (C=O) groups excluding carboxylic acids is 3. The third-order valence-electron chi connectivity index (χ3n) is 6.56. The number of hydrogen-bond acceptors (Lipinski definition) is 5. The number of aryl methyl sites for hydroxylation is 1. The van der Waals surface area contributed by atoms with Gasteiger partial charge in [0.1, 0.15) is 11.5 Å². The fourth-order valence-electron chi connectivity index (χ4n) is 4.24. The Balaban J connectivity index is 1.34. The summed E-state index contributed by atoms with van der Waals surface area (Å²) < 4.78 is 11.4. The van der Waals surface area contributed by atoms with E-state index < -0.39 is 18.0 Å². The molecule has 1 aliphatic heterocycles. The van der Waals surface area contributed by atoms with Crippen molar-refractivity contribution in [3.63, 3.8) is 0 Å². The zero-order valence-corrected chi connectivity index (χ0v) is 22.0. The summed E-state index contributed by atoms with van der Waals surface area (Å²) in [4.78, 5) is 39.6. The van der Waals surface area contributed by atoms with Crippen molar-refractivity contribution in [2.45, 2.75) is 52.6 Å². The monoisotopic (exact) mass is 499 g/mol. The van der Waals surface area contributed by atoms with Gasteiger partial charge in [0.05, 0.1) is 5.92 Å². The number of amides is 1. The molecule has 3 aromatic rings. The van der Waals surface area contributed by atoms with Crippen LogP contribution in [0, 0.1) is 12.8 Å². The lowest BCUT2D eigenvalue weighted by atomic mass is 9.87. The third-order valence-corrected chi connectivity index (χ3v) is 6.56. The van der Waals surface area contributed by atoms with Gasteiger partial charge in [0.2, 0.25) is 11.7 Å². The van der Waals surface area contributed by atoms with Gasteiger partial charge in [0, 0.05) is 24.2 Å². The highest BCUT2D eigenvalue weighted by atomic mass is 16.5. The standard InChI is InChI=1S/C31H33NO5/c1-20-6-8-22(9-7-20)29(34)21(2)36-30(35)23-18-28(33)32(19-23)25-12-16-27(17-13-25)37-26-14-10-24(11-15-26)31(3,4)5/h6-17,21,23H,18-19H2,1-5H3/t21-,23-/m1/s1. The van der Waals surface area contributed by atoms with Crippen LogP contribution in [0.5, 0.6) is 11.5 Å². The summed E-state index contributed by atoms with van der Waals surface area (Å²) in [5, 5.41) is 0. The molecule has 37 heavy (non-hydrogen) atoms. The van der Waals surface area contributed by atoms with Gasteiger partial charge in [-0.25, -0.2) is 0 Å². The Kier molecular flexibility index (Phi) is 7.48. The van der Waals surface area contributed by atoms with Gasteiger partial charge in [-0.3, -0.25) is 14.4 Å². The van der Waals surface area contributed by atoms with Crippen LogP contribution in [-0.4, -0.2) is 30.3 Å². The molecule has 0 unspecified atom stereocenters. The molecule has 1 heterocycles. The molecule has 1 fully saturated rings. The van der Waals surface area contributed by atoms with Crippen LogP contribution >= 0.6 is 0 Å². The number of anilines is 1. The number of ether oxygens (including phenoxy) is 2. The Morgan fingerprint density at radius 1 is 0.892 bits per heavy atom. The molecule has 192 valence electrons. The van der Waals surface area contributed by atoms with Crippen LogP contribution in [0.25, 0.3) is 0 Å². The molecule has 6 heteroatoms. The number of benzene rings is 3. The van der Waals surface area contributed by atoms with E-state index in [1.165, 1.54) is 5.56 Å². The number of carbonyl (C=O) groups is 3. The second-order valence-corrected chi connectivity index (χ2v) is 10.6. The average Bonchev–Trinajstić information content (AvgIpc) is 3.26. The number of esters is 1. The van der Waals surface area contributed by atoms with Gasteiger partial charge in [0.15, 0.2) is 6.10 Å². The van der Waals surface area contributed by atoms with Gasteiger partial charge in [0.25, 0.3) is 0 Å². The SMILES string of the molecule is Cc1ccc(C(=O)[C@@H](C)OC(=O)[C@@H]2CC(=O)N(c3ccc(Oc4ccc(C(C)(C)C)cc4)cc3)C2)cc1. The van der Waals surface area contributed by atoms with Crippen LogP contribution in [0.2, 0.25) is 0 Å². The van der Waals surface area contributed by atoms with Crippen LogP contribution in [0.4, 0.5) is 5.69 Å². The lowest BCUT2D eigenvalue weighted by Gasteiger charge is -2.19. The van der Waals surface area contributed by atoms with E-state index in [4.69, 9.17) is 9.47 Å². The van der Waals surface area contributed by atoms with Crippen LogP contribution in [-0.2, 0) is 19.7 Å². The fraction of sp³-hybridized carbons (Fsp3) is 0.323. The first-order chi connectivity index (χ1) is 17.5. The second kappa shape index (κ2) is 10.6. The van der Waals surface area contributed by atoms with Crippen molar-refractivity contribution in [3.8, 4) is 11.5 Å². The van der Waals surface area contributed by atoms with Gasteiger partial charge >= 0.3 is 5.97 Å². The largest absolute Gasteiger partial charge is 0.457 e. The zero-order valence-electron chi connectivity index (χ0n) is 22.0. The number of nitrogens with zero attached hydrogens (tertiary/aromatic N) is 1. The average molecular weight is 500 g/mol. The van der Waals surface area contributed by atoms with Crippen LogP contribution in [0.3, 0.4) is 0 Å². The molecule has 0 aromatic heterocycles. The Morgan fingerprint density at radius 3 is 2.03 bits per heavy atom. The summed E-state index contributed by atoms with van der Waals surface area (Å²) in [7, 11) is 0. The summed E-state index contributed by atoms with van der Waals surface area (Å²) in [5.74, 6) is -0.210. The van der Waals surface area contributed by atoms with E-state index >= 15 is 0 Å². The molecule has 0 saturated carbocycles. The van der Waals surface area contributed by atoms with Crippen molar-refractivity contribution in [1.82, 2.24) is 0 Å². The molecule has 0 bridgehead atoms. The molecule has 1 amide bonds. The highest BCUT2D eigenvalue weighted by molar-refractivity contribution is 6.02. The predicted molar refractivity (Wildman–Crippen MR) is 143 cm³/mol. The smallest absolute Gasteiger partial charge is 0.312 e. The van der Waals surface area contributed by atoms with Gasteiger partial charge in [-0.15, -0.1) is 0 Å². The zero-order chi connectivity index (χ0) is 26.7. The molecule has 2 atom stereocenters. The molecule has 0 N–H and O–H groups in total. The number of ketones is 1. The van der Waals surface area contributed by atoms with E-state index in [-0.39, 0.29) is 30.1 Å². The molecule has 4 rings (SSSR count). The molecule has 0 aliphatic carbocycles. The Labute approximate surface area is 218 Å². The molecule has 3 aromatic carbocycles. The molecule has 0 radical (unpaired) electrons. The van der Waals surface area contributed by atoms with Crippen LogP contribution in [0.15, 0.2) is 72.8 Å². The van der Waals surface area contributed by atoms with Crippen LogP contribution in [0.1, 0.15) is 55.6 Å². The minimum atomic E-state index is -0.923. The number of hydrogen-bond donors (Lipinski definition) is 0. The summed E-state index contributed by atoms with van der Waals surface area (Å²) in [6.45, 7) is 10.2. The Morgan fingerprint density at radius 2 is 1.46 bits per heavy atom. The Hall–Kier alpha value is -3.93. The minimum absolute atomic E-state index is 0.0443. The molecule has 1 saturated heterocycles. The number of rotatable bonds is 7. The van der Waals surface area contributed by atoms with Crippen molar-refractivity contribution in [2.24, 2.45) is 5.92 Å². The van der Waals surface area contributed by atoms with Gasteiger partial charge < -0.3 is 14.4 Å². The van der Waals surface area contributed by atoms with E-state index in [0.717, 1.165) is 11.3 Å². The first kappa shape index (κ1) is 26.1. The van der Waals surface area contributed by atoms with Crippen LogP contribution < -0.4 is 9.64 Å². The van der Waals surface area contributed by atoms with Crippen molar-refractivity contribution in [1.29, 1.82) is 0 Å². The molecule has 1 aliphatic rings. The second-order valence-electron chi connectivity index (χ2n) is 10.6. The van der Waals surface area contributed by atoms with Crippen molar-refractivity contribution in [3.05, 3.63) is 89.5 Å². The molecular weight excluding hydrogens is 466 g/mol. The predicted octanol–water partition coefficient (Wildman–Crippen LogP) is 6.25. The van der Waals surface area contributed by atoms with E-state index in [1.807, 2.05) is 31.2 Å². The van der Waals surface area contributed by atoms with E-state index in [2.05, 4.69) is 32.9 Å². The van der Waals surface area contributed by atoms with Crippen molar-refractivity contribution in [2.75, 3.05) is 11.4 Å². The number of Topliss-reactive ketones (excluding diaryl/α,β-unsaturated/α-hetero) is 1. The normalized spacial score (nSPS) is 16.4. The maximum atomic E-state index is 12.7. The summed E-state index contributed by atoms with van der Waals surface area (Å²) in [5.41, 5.74) is 3.51. The summed E-state index contributed by atoms with van der Waals surface area (Å²) in [6, 6.07) is 22.3. The van der Waals surface area contributed by atoms with Crippen molar-refractivity contribution < 1.29 is 23.9 Å². The summed E-state index contributed by atoms with van der Waals surface area (Å²) >= 11 is 0. The molecular formula is C31H33NO5. The summed E-state index contributed by atoms with van der Waals surface area (Å²) in [6.07, 6.45) is -0.879. The lowest BCUT2D eigenvalue weighted by Crippen LogP contribution is -2.30. The highest BCUT2D eigenvalue weighted by Crippen LogP contribution is 2.30. The maximum absolute atomic E-state index is 12.7. The van der Waals surface area contributed by atoms with Gasteiger partial charge in [-0.05, 0) is 61.2 Å². The Bertz CT molecular complexity index is 1270. The van der Waals surface area contributed by atoms with E-state index in [1.54, 1.807) is 48.2 Å². The topological polar surface area (TPSA) is 72.9 Å². The van der Waals surface area contributed by atoms with Gasteiger partial charge in [-0.1, -0.05) is 62.7 Å². The first-order valence-corrected chi connectivity index (χ1v) is 12.5. The van der Waals surface area contributed by atoms with Gasteiger partial charge in [-0.2, -0.15) is 0 Å². The van der Waals surface area contributed by atoms with E-state index in [9.17, 15) is 14.4 Å². The third kappa shape index (κ3) is 6.26.